The van der Waals surface area contributed by atoms with Crippen LogP contribution in [-0.2, 0) is 35.1 Å². The van der Waals surface area contributed by atoms with Crippen molar-refractivity contribution in [3.05, 3.63) is 89.9 Å². The molecule has 3 saturated heterocycles. The van der Waals surface area contributed by atoms with E-state index in [1.165, 1.54) is 12.2 Å². The van der Waals surface area contributed by atoms with E-state index in [2.05, 4.69) is 10.6 Å². The summed E-state index contributed by atoms with van der Waals surface area (Å²) in [6.07, 6.45) is 2.38. The molecule has 286 valence electrons. The number of aliphatic hydroxyl groups excluding tert-OH is 1. The Morgan fingerprint density at radius 2 is 1.81 bits per heavy atom. The number of alkyl carbamates (subject to hydrolysis) is 1. The standard InChI is InChI=1S/C38H42F2N6O8/c39-25-6-7-28(40)26(18-25)29-22-44(20-23-4-2-1-3-5-23)36(43-29)34(24-10-14-52-15-11-24)46-21-27-30(19-42-33(27)35(49)37(46)50)54-38(51)41-12-16-53-17-13-45-31(47)8-9-32(45)48/h1-9,18,22,24,27,30,33-35,42,49H,10-17,19-21H2,(H,41,51). The second-order valence-electron chi connectivity index (χ2n) is 13.8. The van der Waals surface area contributed by atoms with Gasteiger partial charge in [-0.25, -0.2) is 18.6 Å². The van der Waals surface area contributed by atoms with Crippen LogP contribution in [0, 0.1) is 23.5 Å². The normalized spacial score (nSPS) is 23.6. The monoisotopic (exact) mass is 748 g/mol. The topological polar surface area (TPSA) is 165 Å². The summed E-state index contributed by atoms with van der Waals surface area (Å²) in [5.74, 6) is -2.74. The number of ether oxygens (including phenoxy) is 3. The number of hydrogen-bond donors (Lipinski definition) is 3. The first-order valence-corrected chi connectivity index (χ1v) is 18.1. The van der Waals surface area contributed by atoms with Crippen molar-refractivity contribution in [3.63, 3.8) is 0 Å². The van der Waals surface area contributed by atoms with Crippen LogP contribution >= 0.6 is 0 Å². The molecule has 0 radical (unpaired) electrons. The number of hydrogen-bond acceptors (Lipinski definition) is 10. The summed E-state index contributed by atoms with van der Waals surface area (Å²) in [6, 6.07) is 11.4. The van der Waals surface area contributed by atoms with Gasteiger partial charge in [-0.3, -0.25) is 19.3 Å². The van der Waals surface area contributed by atoms with Gasteiger partial charge in [0.25, 0.3) is 17.7 Å². The minimum Gasteiger partial charge on any atom is -0.444 e. The smallest absolute Gasteiger partial charge is 0.407 e. The van der Waals surface area contributed by atoms with E-state index in [0.29, 0.717) is 38.4 Å². The molecular formula is C38H42F2N6O8. The Hall–Kier alpha value is -5.03. The average Bonchev–Trinajstić information content (AvgIpc) is 3.87. The van der Waals surface area contributed by atoms with Gasteiger partial charge in [0.15, 0.2) is 0 Å². The van der Waals surface area contributed by atoms with Crippen molar-refractivity contribution in [1.29, 1.82) is 0 Å². The van der Waals surface area contributed by atoms with Crippen molar-refractivity contribution < 1.29 is 47.3 Å². The Balaban J connectivity index is 1.09. The van der Waals surface area contributed by atoms with Crippen molar-refractivity contribution in [3.8, 4) is 11.3 Å². The number of nitrogens with one attached hydrogen (secondary N) is 2. The van der Waals surface area contributed by atoms with Crippen LogP contribution in [0.4, 0.5) is 13.6 Å². The maximum absolute atomic E-state index is 15.1. The largest absolute Gasteiger partial charge is 0.444 e. The van der Waals surface area contributed by atoms with E-state index in [9.17, 15) is 28.7 Å². The number of imide groups is 1. The van der Waals surface area contributed by atoms with Crippen molar-refractivity contribution in [1.82, 2.24) is 30.0 Å². The van der Waals surface area contributed by atoms with Crippen LogP contribution in [0.15, 0.2) is 66.9 Å². The number of halogens is 2. The molecule has 5 heterocycles. The van der Waals surface area contributed by atoms with E-state index >= 15 is 4.39 Å². The van der Waals surface area contributed by atoms with Gasteiger partial charge in [-0.1, -0.05) is 30.3 Å². The van der Waals surface area contributed by atoms with Gasteiger partial charge >= 0.3 is 6.09 Å². The molecule has 0 aliphatic carbocycles. The quantitative estimate of drug-likeness (QED) is 0.174. The van der Waals surface area contributed by atoms with Crippen LogP contribution in [0.5, 0.6) is 0 Å². The molecule has 4 amide bonds. The maximum Gasteiger partial charge on any atom is 0.407 e. The van der Waals surface area contributed by atoms with E-state index < -0.39 is 65.7 Å². The van der Waals surface area contributed by atoms with Crippen molar-refractivity contribution >= 4 is 23.8 Å². The summed E-state index contributed by atoms with van der Waals surface area (Å²) in [5.41, 5.74) is 1.12. The average molecular weight is 749 g/mol. The number of carbonyl (C=O) groups excluding carboxylic acids is 4. The molecule has 3 aromatic rings. The maximum atomic E-state index is 15.1. The number of carbonyl (C=O) groups is 4. The molecule has 3 fully saturated rings. The second-order valence-corrected chi connectivity index (χ2v) is 13.8. The Labute approximate surface area is 310 Å². The van der Waals surface area contributed by atoms with Gasteiger partial charge < -0.3 is 39.4 Å². The zero-order chi connectivity index (χ0) is 37.8. The molecule has 3 N–H and O–H groups in total. The predicted octanol–water partition coefficient (Wildman–Crippen LogP) is 2.17. The first-order chi connectivity index (χ1) is 26.2. The third-order valence-electron chi connectivity index (χ3n) is 10.4. The third-order valence-corrected chi connectivity index (χ3v) is 10.4. The number of piperidine rings is 1. The van der Waals surface area contributed by atoms with Gasteiger partial charge in [0, 0.05) is 69.2 Å². The number of likely N-dealkylation sites (tertiary alicyclic amines) is 1. The molecular weight excluding hydrogens is 706 g/mol. The van der Waals surface area contributed by atoms with E-state index in [0.717, 1.165) is 28.7 Å². The van der Waals surface area contributed by atoms with Crippen molar-refractivity contribution in [2.75, 3.05) is 52.6 Å². The number of aliphatic hydroxyl groups is 1. The highest BCUT2D eigenvalue weighted by Crippen LogP contribution is 2.41. The number of aromatic nitrogens is 2. The molecule has 14 nitrogen and oxygen atoms in total. The fourth-order valence-electron chi connectivity index (χ4n) is 7.73. The lowest BCUT2D eigenvalue weighted by atomic mass is 9.84. The number of fused-ring (bicyclic) bond motifs is 1. The Morgan fingerprint density at radius 1 is 1.06 bits per heavy atom. The lowest BCUT2D eigenvalue weighted by Gasteiger charge is -2.45. The van der Waals surface area contributed by atoms with Crippen LogP contribution in [0.1, 0.15) is 30.3 Å². The molecule has 0 spiro atoms. The SMILES string of the molecule is O=C(NCCOCCN1C(=O)C=CC1=O)OC1CNC2C(O)C(=O)N(C(c3nc(-c4cc(F)ccc4F)cn3Cc3ccccc3)C3CCOCC3)CC12. The fourth-order valence-corrected chi connectivity index (χ4v) is 7.73. The highest BCUT2D eigenvalue weighted by atomic mass is 19.1. The van der Waals surface area contributed by atoms with Crippen molar-refractivity contribution in [2.24, 2.45) is 11.8 Å². The summed E-state index contributed by atoms with van der Waals surface area (Å²) in [7, 11) is 0. The van der Waals surface area contributed by atoms with Crippen LogP contribution in [0.25, 0.3) is 11.3 Å². The molecule has 4 aliphatic rings. The van der Waals surface area contributed by atoms with E-state index in [4.69, 9.17) is 19.2 Å². The Morgan fingerprint density at radius 3 is 2.57 bits per heavy atom. The van der Waals surface area contributed by atoms with E-state index in [1.54, 1.807) is 11.1 Å². The molecule has 4 aliphatic heterocycles. The zero-order valence-electron chi connectivity index (χ0n) is 29.4. The molecule has 2 aromatic carbocycles. The number of benzene rings is 2. The fraction of sp³-hybridized carbons (Fsp3) is 0.447. The van der Waals surface area contributed by atoms with Gasteiger partial charge in [0.1, 0.15) is 29.7 Å². The second kappa shape index (κ2) is 16.5. The molecule has 0 saturated carbocycles. The molecule has 5 atom stereocenters. The lowest BCUT2D eigenvalue weighted by molar-refractivity contribution is -0.155. The van der Waals surface area contributed by atoms with Gasteiger partial charge in [-0.05, 0) is 42.5 Å². The molecule has 7 rings (SSSR count). The Kier molecular flexibility index (Phi) is 11.4. The van der Waals surface area contributed by atoms with Gasteiger partial charge in [0.2, 0.25) is 0 Å². The molecule has 16 heteroatoms. The minimum absolute atomic E-state index is 0.0159. The third kappa shape index (κ3) is 8.06. The Bertz CT molecular complexity index is 1870. The number of nitrogens with zero attached hydrogens (tertiary/aromatic N) is 4. The van der Waals surface area contributed by atoms with Crippen molar-refractivity contribution in [2.45, 2.75) is 43.7 Å². The lowest BCUT2D eigenvalue weighted by Crippen LogP contribution is -2.61. The predicted molar refractivity (Wildman–Crippen MR) is 187 cm³/mol. The number of imidazole rings is 1. The van der Waals surface area contributed by atoms with Crippen LogP contribution in [0.3, 0.4) is 0 Å². The summed E-state index contributed by atoms with van der Waals surface area (Å²) in [5, 5.41) is 17.2. The minimum atomic E-state index is -1.45. The van der Waals surface area contributed by atoms with Gasteiger partial charge in [-0.15, -0.1) is 0 Å². The molecule has 54 heavy (non-hydrogen) atoms. The van der Waals surface area contributed by atoms with E-state index in [-0.39, 0.29) is 56.6 Å². The summed E-state index contributed by atoms with van der Waals surface area (Å²) >= 11 is 0. The van der Waals surface area contributed by atoms with Crippen LogP contribution < -0.4 is 10.6 Å². The number of rotatable bonds is 13. The van der Waals surface area contributed by atoms with Gasteiger partial charge in [0.05, 0.1) is 37.5 Å². The molecule has 5 unspecified atom stereocenters. The highest BCUT2D eigenvalue weighted by Gasteiger charge is 2.53. The van der Waals surface area contributed by atoms with E-state index in [1.807, 2.05) is 34.9 Å². The van der Waals surface area contributed by atoms with Crippen LogP contribution in [-0.4, -0.2) is 119 Å². The number of amides is 4. The molecule has 1 aromatic heterocycles. The zero-order valence-corrected chi connectivity index (χ0v) is 29.4. The van der Waals surface area contributed by atoms with Crippen LogP contribution in [0.2, 0.25) is 0 Å². The summed E-state index contributed by atoms with van der Waals surface area (Å²) in [6.45, 7) is 1.97. The first-order valence-electron chi connectivity index (χ1n) is 18.1. The van der Waals surface area contributed by atoms with Gasteiger partial charge in [-0.2, -0.15) is 0 Å². The summed E-state index contributed by atoms with van der Waals surface area (Å²) < 4.78 is 48.3. The summed E-state index contributed by atoms with van der Waals surface area (Å²) in [4.78, 5) is 57.9. The highest BCUT2D eigenvalue weighted by molar-refractivity contribution is 6.12. The molecule has 0 bridgehead atoms. The first kappa shape index (κ1) is 37.3.